The Morgan fingerprint density at radius 2 is 1.83 bits per heavy atom. The van der Waals surface area contributed by atoms with E-state index in [1.807, 2.05) is 0 Å². The van der Waals surface area contributed by atoms with Crippen molar-refractivity contribution in [3.05, 3.63) is 54.2 Å². The SMILES string of the molecule is CCOC(=O)c1ccc(Nc2cnnc(Nc3ccc(OC)cc3OC)n2)cc1. The predicted molar refractivity (Wildman–Crippen MR) is 108 cm³/mol. The lowest BCUT2D eigenvalue weighted by molar-refractivity contribution is 0.0526. The Labute approximate surface area is 168 Å². The molecule has 29 heavy (non-hydrogen) atoms. The number of carbonyl (C=O) groups excluding carboxylic acids is 1. The molecule has 0 saturated carbocycles. The number of rotatable bonds is 8. The molecule has 3 aromatic rings. The summed E-state index contributed by atoms with van der Waals surface area (Å²) in [4.78, 5) is 16.1. The van der Waals surface area contributed by atoms with E-state index in [0.29, 0.717) is 41.1 Å². The van der Waals surface area contributed by atoms with Gasteiger partial charge in [-0.1, -0.05) is 0 Å². The molecule has 0 aliphatic carbocycles. The zero-order valence-electron chi connectivity index (χ0n) is 16.3. The highest BCUT2D eigenvalue weighted by molar-refractivity contribution is 5.89. The van der Waals surface area contributed by atoms with Crippen LogP contribution in [0.3, 0.4) is 0 Å². The second kappa shape index (κ2) is 9.36. The van der Waals surface area contributed by atoms with Gasteiger partial charge in [0.15, 0.2) is 5.82 Å². The van der Waals surface area contributed by atoms with Crippen molar-refractivity contribution in [3.8, 4) is 11.5 Å². The Balaban J connectivity index is 1.72. The zero-order valence-corrected chi connectivity index (χ0v) is 16.3. The maximum Gasteiger partial charge on any atom is 0.338 e. The molecule has 0 aliphatic rings. The van der Waals surface area contributed by atoms with Crippen LogP contribution in [-0.4, -0.2) is 42.0 Å². The van der Waals surface area contributed by atoms with Crippen molar-refractivity contribution >= 4 is 29.1 Å². The normalized spacial score (nSPS) is 10.2. The number of anilines is 4. The average Bonchev–Trinajstić information content (AvgIpc) is 2.75. The van der Waals surface area contributed by atoms with Crippen LogP contribution in [0.4, 0.5) is 23.1 Å². The van der Waals surface area contributed by atoms with Crippen LogP contribution in [-0.2, 0) is 4.74 Å². The molecular formula is C20H21N5O4. The minimum atomic E-state index is -0.359. The molecule has 0 spiro atoms. The van der Waals surface area contributed by atoms with Gasteiger partial charge in [0.05, 0.1) is 38.3 Å². The lowest BCUT2D eigenvalue weighted by Gasteiger charge is -2.12. The summed E-state index contributed by atoms with van der Waals surface area (Å²) in [6.07, 6.45) is 1.50. The number of ether oxygens (including phenoxy) is 3. The molecule has 2 N–H and O–H groups in total. The molecule has 0 amide bonds. The van der Waals surface area contributed by atoms with Crippen molar-refractivity contribution in [1.82, 2.24) is 15.2 Å². The summed E-state index contributed by atoms with van der Waals surface area (Å²) in [5.74, 6) is 1.68. The van der Waals surface area contributed by atoms with Gasteiger partial charge in [-0.3, -0.25) is 0 Å². The van der Waals surface area contributed by atoms with Crippen LogP contribution in [0.1, 0.15) is 17.3 Å². The second-order valence-corrected chi connectivity index (χ2v) is 5.78. The molecule has 2 aromatic carbocycles. The maximum atomic E-state index is 11.7. The first-order valence-electron chi connectivity index (χ1n) is 8.86. The molecule has 0 bridgehead atoms. The van der Waals surface area contributed by atoms with E-state index in [9.17, 15) is 4.79 Å². The average molecular weight is 395 g/mol. The van der Waals surface area contributed by atoms with Gasteiger partial charge in [-0.05, 0) is 43.3 Å². The number of nitrogens with zero attached hydrogens (tertiary/aromatic N) is 3. The highest BCUT2D eigenvalue weighted by Gasteiger charge is 2.09. The number of hydrogen-bond donors (Lipinski definition) is 2. The van der Waals surface area contributed by atoms with Gasteiger partial charge in [0.2, 0.25) is 5.95 Å². The molecule has 0 saturated heterocycles. The molecule has 9 heteroatoms. The van der Waals surface area contributed by atoms with Gasteiger partial charge in [-0.25, -0.2) is 4.79 Å². The van der Waals surface area contributed by atoms with E-state index in [1.54, 1.807) is 63.6 Å². The third kappa shape index (κ3) is 5.10. The van der Waals surface area contributed by atoms with Gasteiger partial charge < -0.3 is 24.8 Å². The smallest absolute Gasteiger partial charge is 0.338 e. The van der Waals surface area contributed by atoms with E-state index in [1.165, 1.54) is 6.20 Å². The third-order valence-electron chi connectivity index (χ3n) is 3.88. The van der Waals surface area contributed by atoms with Gasteiger partial charge >= 0.3 is 5.97 Å². The topological polar surface area (TPSA) is 107 Å². The monoisotopic (exact) mass is 395 g/mol. The summed E-state index contributed by atoms with van der Waals surface area (Å²) in [7, 11) is 3.15. The van der Waals surface area contributed by atoms with Gasteiger partial charge in [-0.15, -0.1) is 5.10 Å². The quantitative estimate of drug-likeness (QED) is 0.554. The van der Waals surface area contributed by atoms with E-state index in [4.69, 9.17) is 14.2 Å². The first kappa shape index (κ1) is 19.9. The Kier molecular flexibility index (Phi) is 6.41. The lowest BCUT2D eigenvalue weighted by atomic mass is 10.2. The molecule has 0 radical (unpaired) electrons. The summed E-state index contributed by atoms with van der Waals surface area (Å²) in [6.45, 7) is 2.10. The Morgan fingerprint density at radius 3 is 2.52 bits per heavy atom. The number of hydrogen-bond acceptors (Lipinski definition) is 9. The summed E-state index contributed by atoms with van der Waals surface area (Å²) >= 11 is 0. The minimum Gasteiger partial charge on any atom is -0.497 e. The van der Waals surface area contributed by atoms with Crippen LogP contribution in [0.25, 0.3) is 0 Å². The molecule has 0 aliphatic heterocycles. The Morgan fingerprint density at radius 1 is 1.03 bits per heavy atom. The highest BCUT2D eigenvalue weighted by atomic mass is 16.5. The van der Waals surface area contributed by atoms with Crippen molar-refractivity contribution in [3.63, 3.8) is 0 Å². The fourth-order valence-corrected chi connectivity index (χ4v) is 2.49. The zero-order chi connectivity index (χ0) is 20.6. The highest BCUT2D eigenvalue weighted by Crippen LogP contribution is 2.30. The van der Waals surface area contributed by atoms with Crippen LogP contribution >= 0.6 is 0 Å². The van der Waals surface area contributed by atoms with Crippen LogP contribution in [0.2, 0.25) is 0 Å². The molecule has 0 fully saturated rings. The molecule has 0 unspecified atom stereocenters. The number of methoxy groups -OCH3 is 2. The van der Waals surface area contributed by atoms with E-state index < -0.39 is 0 Å². The summed E-state index contributed by atoms with van der Waals surface area (Å²) in [5.41, 5.74) is 1.89. The van der Waals surface area contributed by atoms with Crippen LogP contribution in [0.15, 0.2) is 48.7 Å². The molecular weight excluding hydrogens is 374 g/mol. The van der Waals surface area contributed by atoms with Gasteiger partial charge in [-0.2, -0.15) is 10.1 Å². The van der Waals surface area contributed by atoms with E-state index in [0.717, 1.165) is 5.69 Å². The summed E-state index contributed by atoms with van der Waals surface area (Å²) in [6, 6.07) is 12.2. The number of nitrogens with one attached hydrogen (secondary N) is 2. The van der Waals surface area contributed by atoms with Gasteiger partial charge in [0.1, 0.15) is 11.5 Å². The molecule has 1 aromatic heterocycles. The van der Waals surface area contributed by atoms with Gasteiger partial charge in [0.25, 0.3) is 0 Å². The molecule has 3 rings (SSSR count). The van der Waals surface area contributed by atoms with Crippen molar-refractivity contribution in [1.29, 1.82) is 0 Å². The van der Waals surface area contributed by atoms with Crippen molar-refractivity contribution in [2.24, 2.45) is 0 Å². The summed E-state index contributed by atoms with van der Waals surface area (Å²) in [5, 5.41) is 14.1. The summed E-state index contributed by atoms with van der Waals surface area (Å²) < 4.78 is 15.5. The van der Waals surface area contributed by atoms with E-state index >= 15 is 0 Å². The van der Waals surface area contributed by atoms with Crippen LogP contribution in [0.5, 0.6) is 11.5 Å². The Bertz CT molecular complexity index is 979. The van der Waals surface area contributed by atoms with Gasteiger partial charge in [0, 0.05) is 11.8 Å². The van der Waals surface area contributed by atoms with Crippen molar-refractivity contribution < 1.29 is 19.0 Å². The third-order valence-corrected chi connectivity index (χ3v) is 3.88. The van der Waals surface area contributed by atoms with E-state index in [2.05, 4.69) is 25.8 Å². The van der Waals surface area contributed by atoms with Crippen molar-refractivity contribution in [2.75, 3.05) is 31.5 Å². The largest absolute Gasteiger partial charge is 0.497 e. The first-order valence-corrected chi connectivity index (χ1v) is 8.86. The number of benzene rings is 2. The lowest BCUT2D eigenvalue weighted by Crippen LogP contribution is -2.05. The minimum absolute atomic E-state index is 0.293. The molecule has 1 heterocycles. The van der Waals surface area contributed by atoms with Crippen LogP contribution < -0.4 is 20.1 Å². The predicted octanol–water partition coefficient (Wildman–Crippen LogP) is 3.55. The number of aromatic nitrogens is 3. The molecule has 0 atom stereocenters. The fraction of sp³-hybridized carbons (Fsp3) is 0.200. The van der Waals surface area contributed by atoms with Crippen molar-refractivity contribution in [2.45, 2.75) is 6.92 Å². The van der Waals surface area contributed by atoms with E-state index in [-0.39, 0.29) is 5.97 Å². The first-order chi connectivity index (χ1) is 14.1. The Hall–Kier alpha value is -3.88. The number of esters is 1. The standard InChI is InChI=1S/C20H21N5O4/c1-4-29-19(26)13-5-7-14(8-6-13)22-18-12-21-25-20(24-18)23-16-10-9-15(27-2)11-17(16)28-3/h5-12H,4H2,1-3H3,(H2,22,23,24,25). The molecule has 150 valence electrons. The fourth-order valence-electron chi connectivity index (χ4n) is 2.49. The number of carbonyl (C=O) groups is 1. The van der Waals surface area contributed by atoms with Crippen LogP contribution in [0, 0.1) is 0 Å². The second-order valence-electron chi connectivity index (χ2n) is 5.78. The maximum absolute atomic E-state index is 11.7. The molecule has 9 nitrogen and oxygen atoms in total.